The summed E-state index contributed by atoms with van der Waals surface area (Å²) in [5.41, 5.74) is 4.10. The molecule has 10 heteroatoms. The topological polar surface area (TPSA) is 111 Å². The van der Waals surface area contributed by atoms with Gasteiger partial charge in [0.2, 0.25) is 0 Å². The number of hydrogen-bond donors (Lipinski definition) is 2. The Balaban J connectivity index is 1.60. The van der Waals surface area contributed by atoms with Crippen molar-refractivity contribution in [2.24, 2.45) is 4.99 Å². The fourth-order valence-electron chi connectivity index (χ4n) is 5.87. The van der Waals surface area contributed by atoms with Gasteiger partial charge in [-0.25, -0.2) is 4.57 Å². The Morgan fingerprint density at radius 1 is 1.05 bits per heavy atom. The summed E-state index contributed by atoms with van der Waals surface area (Å²) in [4.78, 5) is 18.0. The Labute approximate surface area is 263 Å². The summed E-state index contributed by atoms with van der Waals surface area (Å²) in [6, 6.07) is 6.86. The number of carboxylic acid groups (broad SMARTS) is 1. The third-order valence-corrected chi connectivity index (χ3v) is 9.53. The van der Waals surface area contributed by atoms with Crippen molar-refractivity contribution in [1.29, 1.82) is 0 Å². The molecule has 0 amide bonds. The van der Waals surface area contributed by atoms with Gasteiger partial charge in [0.15, 0.2) is 5.71 Å². The third-order valence-electron chi connectivity index (χ3n) is 8.24. The van der Waals surface area contributed by atoms with Crippen molar-refractivity contribution in [2.45, 2.75) is 89.0 Å². The number of unbranched alkanes of at least 4 members (excludes halogenated alkanes) is 2. The summed E-state index contributed by atoms with van der Waals surface area (Å²) in [5, 5.41) is 8.97. The maximum Gasteiger partial charge on any atom is 0.327 e. The van der Waals surface area contributed by atoms with E-state index < -0.39 is 21.5 Å². The Morgan fingerprint density at radius 3 is 2.47 bits per heavy atom. The van der Waals surface area contributed by atoms with E-state index in [0.29, 0.717) is 13.0 Å². The predicted octanol–water partition coefficient (Wildman–Crippen LogP) is 7.20. The van der Waals surface area contributed by atoms with Crippen molar-refractivity contribution in [3.63, 3.8) is 0 Å². The van der Waals surface area contributed by atoms with E-state index in [9.17, 15) is 17.8 Å². The van der Waals surface area contributed by atoms with Crippen LogP contribution in [0.3, 0.4) is 0 Å². The molecule has 43 heavy (non-hydrogen) atoms. The quantitative estimate of drug-likeness (QED) is 0.107. The van der Waals surface area contributed by atoms with Gasteiger partial charge in [-0.2, -0.15) is 8.42 Å². The number of carbonyl (C=O) groups is 1. The Bertz CT molecular complexity index is 1640. The largest absolute Gasteiger partial charge is 0.481 e. The van der Waals surface area contributed by atoms with Crippen LogP contribution in [0.25, 0.3) is 0 Å². The monoisotopic (exact) mass is 670 g/mol. The predicted molar refractivity (Wildman–Crippen MR) is 174 cm³/mol. The molecule has 0 bridgehead atoms. The Hall–Kier alpha value is -3.08. The average Bonchev–Trinajstić information content (AvgIpc) is 3.29. The van der Waals surface area contributed by atoms with Gasteiger partial charge in [0.25, 0.3) is 10.1 Å². The van der Waals surface area contributed by atoms with Crippen LogP contribution in [0.2, 0.25) is 0 Å². The number of aliphatic imine (C=N–C) groups is 1. The second kappa shape index (κ2) is 12.9. The molecule has 3 heterocycles. The molecule has 0 saturated heterocycles. The van der Waals surface area contributed by atoms with Gasteiger partial charge in [-0.15, -0.1) is 0 Å². The zero-order valence-electron chi connectivity index (χ0n) is 25.5. The highest BCUT2D eigenvalue weighted by Crippen LogP contribution is 2.48. The van der Waals surface area contributed by atoms with Crippen LogP contribution in [0.5, 0.6) is 0 Å². The molecule has 2 N–H and O–H groups in total. The van der Waals surface area contributed by atoms with E-state index in [1.54, 1.807) is 12.1 Å². The molecule has 0 unspecified atom stereocenters. The first-order chi connectivity index (χ1) is 20.2. The molecule has 0 saturated carbocycles. The minimum Gasteiger partial charge on any atom is -0.481 e. The second-order valence-electron chi connectivity index (χ2n) is 12.1. The lowest BCUT2D eigenvalue weighted by molar-refractivity contribution is -0.684. The van der Waals surface area contributed by atoms with Gasteiger partial charge in [-0.3, -0.25) is 9.35 Å². The molecule has 8 nitrogen and oxygen atoms in total. The lowest BCUT2D eigenvalue weighted by Crippen LogP contribution is -2.35. The van der Waals surface area contributed by atoms with E-state index in [2.05, 4.69) is 58.4 Å². The molecule has 4 rings (SSSR count). The normalized spacial score (nSPS) is 18.1. The molecule has 0 radical (unpaired) electrons. The molecule has 0 aliphatic carbocycles. The molecule has 0 fully saturated rings. The second-order valence-corrected chi connectivity index (χ2v) is 14.5. The molecule has 2 aromatic rings. The SMILES string of the molecule is CCC[n+]1cc(Br)cc2c1N=C(/C=C/C=C/C=C1/N(CCCCCC(=O)O)c3ccc(S(=O)(=O)O)cc3C1(C)C)C2(C)C. The number of anilines is 1. The number of aliphatic carboxylic acids is 1. The van der Waals surface area contributed by atoms with Crippen molar-refractivity contribution < 1.29 is 27.4 Å². The zero-order valence-corrected chi connectivity index (χ0v) is 27.9. The lowest BCUT2D eigenvalue weighted by atomic mass is 9.82. The summed E-state index contributed by atoms with van der Waals surface area (Å²) >= 11 is 3.65. The van der Waals surface area contributed by atoms with Gasteiger partial charge in [0.05, 0.1) is 26.9 Å². The number of halogens is 1. The number of nitrogens with zero attached hydrogens (tertiary/aromatic N) is 3. The molecular weight excluding hydrogens is 630 g/mol. The van der Waals surface area contributed by atoms with Gasteiger partial charge in [-0.1, -0.05) is 45.4 Å². The smallest absolute Gasteiger partial charge is 0.327 e. The average molecular weight is 672 g/mol. The van der Waals surface area contributed by atoms with Crippen molar-refractivity contribution in [2.75, 3.05) is 11.4 Å². The standard InChI is InChI=1S/C33H40BrN3O5S/c1-6-18-36-22-23(34)20-26-31(36)35-28(32(26,2)3)13-9-7-10-14-29-33(4,5)25-21-24(43(40,41)42)16-17-27(25)37(29)19-12-8-11-15-30(38)39/h7,9-10,13-14,16-17,20-22H,6,8,11-12,15,18-19H2,1-5H3,(H-,38,39,40,41,42)/p+1. The summed E-state index contributed by atoms with van der Waals surface area (Å²) in [7, 11) is -4.34. The molecule has 2 aliphatic rings. The molecule has 2 aliphatic heterocycles. The van der Waals surface area contributed by atoms with Gasteiger partial charge in [-0.05, 0) is 96.0 Å². The molecular formula is C33H41BrN3O5S+. The van der Waals surface area contributed by atoms with Crippen LogP contribution in [0.1, 0.15) is 77.8 Å². The van der Waals surface area contributed by atoms with Crippen LogP contribution in [-0.4, -0.2) is 36.3 Å². The van der Waals surface area contributed by atoms with Gasteiger partial charge >= 0.3 is 11.8 Å². The van der Waals surface area contributed by atoms with E-state index in [0.717, 1.165) is 58.8 Å². The van der Waals surface area contributed by atoms with E-state index in [1.807, 2.05) is 44.2 Å². The molecule has 0 spiro atoms. The molecule has 0 atom stereocenters. The van der Waals surface area contributed by atoms with Crippen molar-refractivity contribution in [3.8, 4) is 0 Å². The number of fused-ring (bicyclic) bond motifs is 2. The van der Waals surface area contributed by atoms with Crippen LogP contribution < -0.4 is 9.47 Å². The number of allylic oxidation sites excluding steroid dienone is 6. The number of pyridine rings is 1. The molecule has 230 valence electrons. The Morgan fingerprint density at radius 2 is 1.79 bits per heavy atom. The number of carboxylic acids is 1. The van der Waals surface area contributed by atoms with E-state index in [-0.39, 0.29) is 16.7 Å². The third kappa shape index (κ3) is 7.02. The number of rotatable bonds is 12. The van der Waals surface area contributed by atoms with Gasteiger partial charge in [0.1, 0.15) is 6.20 Å². The van der Waals surface area contributed by atoms with E-state index in [4.69, 9.17) is 10.1 Å². The number of benzene rings is 1. The first-order valence-corrected chi connectivity index (χ1v) is 16.9. The molecule has 1 aromatic heterocycles. The van der Waals surface area contributed by atoms with Crippen LogP contribution >= 0.6 is 15.9 Å². The highest BCUT2D eigenvalue weighted by Gasteiger charge is 2.43. The minimum absolute atomic E-state index is 0.131. The fraction of sp³-hybridized carbons (Fsp3) is 0.424. The summed E-state index contributed by atoms with van der Waals surface area (Å²) < 4.78 is 36.7. The molecule has 1 aromatic carbocycles. The summed E-state index contributed by atoms with van der Waals surface area (Å²) in [6.07, 6.45) is 15.4. The highest BCUT2D eigenvalue weighted by molar-refractivity contribution is 9.10. The van der Waals surface area contributed by atoms with Crippen molar-refractivity contribution >= 4 is 49.2 Å². The van der Waals surface area contributed by atoms with Crippen molar-refractivity contribution in [3.05, 3.63) is 82.1 Å². The number of hydrogen-bond acceptors (Lipinski definition) is 5. The van der Waals surface area contributed by atoms with Crippen LogP contribution in [0.15, 0.2) is 80.9 Å². The Kier molecular flexibility index (Phi) is 9.83. The number of aryl methyl sites for hydroxylation is 1. The van der Waals surface area contributed by atoms with Gasteiger partial charge < -0.3 is 10.0 Å². The number of aromatic nitrogens is 1. The van der Waals surface area contributed by atoms with Crippen LogP contribution in [0, 0.1) is 0 Å². The lowest BCUT2D eigenvalue weighted by Gasteiger charge is -2.27. The van der Waals surface area contributed by atoms with Crippen LogP contribution in [-0.2, 0) is 32.3 Å². The maximum atomic E-state index is 11.9. The van der Waals surface area contributed by atoms with Gasteiger partial charge in [0, 0.05) is 29.8 Å². The van der Waals surface area contributed by atoms with Crippen molar-refractivity contribution in [1.82, 2.24) is 0 Å². The van der Waals surface area contributed by atoms with E-state index >= 15 is 0 Å². The summed E-state index contributed by atoms with van der Waals surface area (Å²) in [6.45, 7) is 12.2. The fourth-order valence-corrected chi connectivity index (χ4v) is 6.86. The maximum absolute atomic E-state index is 11.9. The summed E-state index contributed by atoms with van der Waals surface area (Å²) in [5.74, 6) is 0.197. The first kappa shape index (κ1) is 32.8. The zero-order chi connectivity index (χ0) is 31.6. The van der Waals surface area contributed by atoms with Crippen LogP contribution in [0.4, 0.5) is 11.5 Å². The van der Waals surface area contributed by atoms with E-state index in [1.165, 1.54) is 11.6 Å². The first-order valence-electron chi connectivity index (χ1n) is 14.7. The highest BCUT2D eigenvalue weighted by atomic mass is 79.9. The minimum atomic E-state index is -4.34.